The lowest BCUT2D eigenvalue weighted by molar-refractivity contribution is 0.413. The van der Waals surface area contributed by atoms with Crippen molar-refractivity contribution in [3.8, 4) is 16.9 Å². The number of aromatic nitrogens is 1. The topological polar surface area (TPSA) is 48.1 Å². The van der Waals surface area contributed by atoms with E-state index < -0.39 is 0 Å². The largest absolute Gasteiger partial charge is 0.496 e. The molecule has 1 aromatic heterocycles. The molecule has 3 nitrogen and oxygen atoms in total. The lowest BCUT2D eigenvalue weighted by atomic mass is 9.97. The van der Waals surface area contributed by atoms with E-state index in [9.17, 15) is 0 Å². The van der Waals surface area contributed by atoms with Gasteiger partial charge in [-0.3, -0.25) is 0 Å². The van der Waals surface area contributed by atoms with Crippen molar-refractivity contribution in [3.63, 3.8) is 0 Å². The molecule has 0 spiro atoms. The second-order valence-corrected chi connectivity index (χ2v) is 4.51. The van der Waals surface area contributed by atoms with E-state index in [4.69, 9.17) is 10.5 Å². The fraction of sp³-hybridized carbons (Fsp3) is 0.267. The summed E-state index contributed by atoms with van der Waals surface area (Å²) in [5.41, 5.74) is 11.3. The highest BCUT2D eigenvalue weighted by molar-refractivity contribution is 5.75. The molecule has 0 atom stereocenters. The molecule has 0 fully saturated rings. The van der Waals surface area contributed by atoms with Gasteiger partial charge in [0.05, 0.1) is 7.11 Å². The fourth-order valence-electron chi connectivity index (χ4n) is 2.12. The van der Waals surface area contributed by atoms with Crippen LogP contribution < -0.4 is 10.5 Å². The van der Waals surface area contributed by atoms with Gasteiger partial charge in [-0.15, -0.1) is 0 Å². The van der Waals surface area contributed by atoms with E-state index in [-0.39, 0.29) is 0 Å². The first-order valence-corrected chi connectivity index (χ1v) is 5.91. The average molecular weight is 242 g/mol. The van der Waals surface area contributed by atoms with Gasteiger partial charge in [0, 0.05) is 17.3 Å². The van der Waals surface area contributed by atoms with Crippen LogP contribution in [0.15, 0.2) is 24.4 Å². The molecule has 0 aliphatic rings. The molecule has 0 amide bonds. The number of rotatable bonds is 2. The zero-order valence-electron chi connectivity index (χ0n) is 11.2. The van der Waals surface area contributed by atoms with Crippen LogP contribution in [0.2, 0.25) is 0 Å². The molecule has 0 aliphatic heterocycles. The first-order valence-electron chi connectivity index (χ1n) is 5.91. The Balaban J connectivity index is 2.67. The summed E-state index contributed by atoms with van der Waals surface area (Å²) in [5, 5.41) is 0. The van der Waals surface area contributed by atoms with Crippen LogP contribution in [-0.4, -0.2) is 12.1 Å². The Hall–Kier alpha value is -2.03. The second kappa shape index (κ2) is 4.69. The Labute approximate surface area is 108 Å². The van der Waals surface area contributed by atoms with Crippen molar-refractivity contribution in [2.24, 2.45) is 0 Å². The Morgan fingerprint density at radius 3 is 2.39 bits per heavy atom. The number of nitrogens with zero attached hydrogens (tertiary/aromatic N) is 1. The molecular formula is C15H18N2O. The lowest BCUT2D eigenvalue weighted by Crippen LogP contribution is -1.97. The van der Waals surface area contributed by atoms with Gasteiger partial charge in [0.1, 0.15) is 11.6 Å². The summed E-state index contributed by atoms with van der Waals surface area (Å²) in [5.74, 6) is 1.45. The normalized spacial score (nSPS) is 10.4. The Bertz CT molecular complexity index is 591. The standard InChI is InChI=1S/C15H18N2O/c1-9-5-6-12(15(18-4)11(9)3)13-8-17-14(16)7-10(13)2/h5-8H,1-4H3,(H2,16,17). The maximum absolute atomic E-state index is 5.69. The van der Waals surface area contributed by atoms with E-state index in [0.717, 1.165) is 28.0 Å². The predicted molar refractivity (Wildman–Crippen MR) is 74.8 cm³/mol. The van der Waals surface area contributed by atoms with Crippen LogP contribution in [0.25, 0.3) is 11.1 Å². The van der Waals surface area contributed by atoms with E-state index in [1.807, 2.05) is 13.0 Å². The third-order valence-corrected chi connectivity index (χ3v) is 3.30. The molecule has 0 saturated heterocycles. The maximum Gasteiger partial charge on any atom is 0.129 e. The van der Waals surface area contributed by atoms with E-state index in [0.29, 0.717) is 5.82 Å². The molecule has 1 aromatic carbocycles. The molecule has 0 saturated carbocycles. The van der Waals surface area contributed by atoms with Crippen molar-refractivity contribution in [1.82, 2.24) is 4.98 Å². The molecule has 2 aromatic rings. The van der Waals surface area contributed by atoms with Gasteiger partial charge in [0.25, 0.3) is 0 Å². The SMILES string of the molecule is COc1c(-c2cnc(N)cc2C)ccc(C)c1C. The van der Waals surface area contributed by atoms with E-state index in [2.05, 4.69) is 31.0 Å². The van der Waals surface area contributed by atoms with Gasteiger partial charge in [-0.2, -0.15) is 0 Å². The number of pyridine rings is 1. The quantitative estimate of drug-likeness (QED) is 0.879. The van der Waals surface area contributed by atoms with Crippen molar-refractivity contribution >= 4 is 5.82 Å². The first-order chi connectivity index (χ1) is 8.54. The maximum atomic E-state index is 5.69. The molecule has 0 unspecified atom stereocenters. The monoisotopic (exact) mass is 242 g/mol. The smallest absolute Gasteiger partial charge is 0.129 e. The van der Waals surface area contributed by atoms with Crippen LogP contribution >= 0.6 is 0 Å². The zero-order valence-corrected chi connectivity index (χ0v) is 11.2. The van der Waals surface area contributed by atoms with Crippen LogP contribution in [-0.2, 0) is 0 Å². The van der Waals surface area contributed by atoms with Crippen molar-refractivity contribution in [1.29, 1.82) is 0 Å². The minimum Gasteiger partial charge on any atom is -0.496 e. The van der Waals surface area contributed by atoms with Gasteiger partial charge >= 0.3 is 0 Å². The molecular weight excluding hydrogens is 224 g/mol. The highest BCUT2D eigenvalue weighted by Gasteiger charge is 2.12. The lowest BCUT2D eigenvalue weighted by Gasteiger charge is -2.15. The number of hydrogen-bond acceptors (Lipinski definition) is 3. The van der Waals surface area contributed by atoms with Crippen molar-refractivity contribution in [2.45, 2.75) is 20.8 Å². The number of methoxy groups -OCH3 is 1. The highest BCUT2D eigenvalue weighted by atomic mass is 16.5. The molecule has 2 N–H and O–H groups in total. The third-order valence-electron chi connectivity index (χ3n) is 3.30. The van der Waals surface area contributed by atoms with Gasteiger partial charge in [0.15, 0.2) is 0 Å². The van der Waals surface area contributed by atoms with E-state index >= 15 is 0 Å². The third kappa shape index (κ3) is 2.04. The number of ether oxygens (including phenoxy) is 1. The summed E-state index contributed by atoms with van der Waals surface area (Å²) in [4.78, 5) is 4.17. The Morgan fingerprint density at radius 2 is 1.78 bits per heavy atom. The molecule has 94 valence electrons. The van der Waals surface area contributed by atoms with Crippen LogP contribution in [0, 0.1) is 20.8 Å². The minimum absolute atomic E-state index is 0.541. The van der Waals surface area contributed by atoms with Crippen LogP contribution in [0.5, 0.6) is 5.75 Å². The van der Waals surface area contributed by atoms with Crippen LogP contribution in [0.3, 0.4) is 0 Å². The molecule has 0 radical (unpaired) electrons. The number of nitrogen functional groups attached to an aromatic ring is 1. The molecule has 0 bridgehead atoms. The predicted octanol–water partition coefficient (Wildman–Crippen LogP) is 3.26. The van der Waals surface area contributed by atoms with Crippen molar-refractivity contribution < 1.29 is 4.74 Å². The summed E-state index contributed by atoms with van der Waals surface area (Å²) < 4.78 is 5.54. The number of aryl methyl sites for hydroxylation is 2. The van der Waals surface area contributed by atoms with Crippen molar-refractivity contribution in [2.75, 3.05) is 12.8 Å². The summed E-state index contributed by atoms with van der Waals surface area (Å²) in [6.45, 7) is 6.18. The highest BCUT2D eigenvalue weighted by Crippen LogP contribution is 2.35. The van der Waals surface area contributed by atoms with Gasteiger partial charge in [-0.05, 0) is 43.5 Å². The van der Waals surface area contributed by atoms with E-state index in [1.54, 1.807) is 13.3 Å². The summed E-state index contributed by atoms with van der Waals surface area (Å²) >= 11 is 0. The van der Waals surface area contributed by atoms with Crippen LogP contribution in [0.1, 0.15) is 16.7 Å². The van der Waals surface area contributed by atoms with Gasteiger partial charge in [-0.25, -0.2) is 4.98 Å². The number of hydrogen-bond donors (Lipinski definition) is 1. The van der Waals surface area contributed by atoms with Crippen LogP contribution in [0.4, 0.5) is 5.82 Å². The Kier molecular flexibility index (Phi) is 3.24. The number of nitrogens with two attached hydrogens (primary N) is 1. The number of anilines is 1. The molecule has 18 heavy (non-hydrogen) atoms. The molecule has 0 aliphatic carbocycles. The first kappa shape index (κ1) is 12.4. The fourth-order valence-corrected chi connectivity index (χ4v) is 2.12. The summed E-state index contributed by atoms with van der Waals surface area (Å²) in [6, 6.07) is 6.05. The molecule has 3 heteroatoms. The molecule has 2 rings (SSSR count). The van der Waals surface area contributed by atoms with Gasteiger partial charge in [0.2, 0.25) is 0 Å². The number of benzene rings is 1. The minimum atomic E-state index is 0.541. The van der Waals surface area contributed by atoms with Crippen molar-refractivity contribution in [3.05, 3.63) is 41.1 Å². The van der Waals surface area contributed by atoms with Gasteiger partial charge < -0.3 is 10.5 Å². The van der Waals surface area contributed by atoms with Gasteiger partial charge in [-0.1, -0.05) is 12.1 Å². The van der Waals surface area contributed by atoms with E-state index in [1.165, 1.54) is 5.56 Å². The average Bonchev–Trinajstić information content (AvgIpc) is 2.33. The molecule has 1 heterocycles. The summed E-state index contributed by atoms with van der Waals surface area (Å²) in [7, 11) is 1.70. The Morgan fingerprint density at radius 1 is 1.06 bits per heavy atom. The summed E-state index contributed by atoms with van der Waals surface area (Å²) in [6.07, 6.45) is 1.80. The second-order valence-electron chi connectivity index (χ2n) is 4.51. The zero-order chi connectivity index (χ0) is 13.3.